The highest BCUT2D eigenvalue weighted by Crippen LogP contribution is 2.30. The molecule has 0 radical (unpaired) electrons. The van der Waals surface area contributed by atoms with E-state index in [9.17, 15) is 4.39 Å². The molecule has 1 fully saturated rings. The molecule has 0 spiro atoms. The number of alkyl halides is 1. The number of nitrogens with zero attached hydrogens (tertiary/aromatic N) is 1. The summed E-state index contributed by atoms with van der Waals surface area (Å²) < 4.78 is 13.0. The second kappa shape index (κ2) is 7.05. The molecule has 1 N–H and O–H groups in total. The highest BCUT2D eigenvalue weighted by molar-refractivity contribution is 6.18. The molecule has 100 valence electrons. The Hall–Kier alpha value is -0.670. The lowest BCUT2D eigenvalue weighted by atomic mass is 9.80. The largest absolute Gasteiger partial charge is 0.312 e. The summed E-state index contributed by atoms with van der Waals surface area (Å²) >= 11 is 6.00. The maximum Gasteiger partial charge on any atom is 0.141 e. The minimum Gasteiger partial charge on any atom is -0.312 e. The summed E-state index contributed by atoms with van der Waals surface area (Å²) in [6, 6.07) is 1.53. The number of pyridine rings is 1. The number of halogens is 2. The quantitative estimate of drug-likeness (QED) is 0.830. The van der Waals surface area contributed by atoms with Crippen LogP contribution in [0.4, 0.5) is 4.39 Å². The van der Waals surface area contributed by atoms with Gasteiger partial charge < -0.3 is 5.32 Å². The van der Waals surface area contributed by atoms with E-state index < -0.39 is 0 Å². The Morgan fingerprint density at radius 2 is 2.06 bits per heavy atom. The fraction of sp³-hybridized carbons (Fsp3) is 0.643. The number of hydrogen-bond acceptors (Lipinski definition) is 2. The van der Waals surface area contributed by atoms with Crippen molar-refractivity contribution in [2.45, 2.75) is 32.2 Å². The van der Waals surface area contributed by atoms with Crippen LogP contribution in [0.5, 0.6) is 0 Å². The third-order valence-electron chi connectivity index (χ3n) is 3.76. The highest BCUT2D eigenvalue weighted by Gasteiger charge is 2.23. The standard InChI is InChI=1S/C14H20ClFN2/c15-6-12-3-1-2-4-13(12)9-17-7-11-5-14(16)10-18-8-11/h5,8,10,12-13,17H,1-4,6-7,9H2. The average Bonchev–Trinajstić information content (AvgIpc) is 2.39. The van der Waals surface area contributed by atoms with E-state index in [1.807, 2.05) is 0 Å². The van der Waals surface area contributed by atoms with Crippen LogP contribution in [0, 0.1) is 17.7 Å². The zero-order valence-corrected chi connectivity index (χ0v) is 11.3. The molecule has 2 atom stereocenters. The van der Waals surface area contributed by atoms with E-state index in [2.05, 4.69) is 10.3 Å². The first-order valence-corrected chi connectivity index (χ1v) is 7.19. The smallest absolute Gasteiger partial charge is 0.141 e. The van der Waals surface area contributed by atoms with Crippen molar-refractivity contribution in [3.63, 3.8) is 0 Å². The molecule has 0 bridgehead atoms. The normalized spacial score (nSPS) is 24.1. The van der Waals surface area contributed by atoms with Crippen LogP contribution in [0.2, 0.25) is 0 Å². The molecule has 1 heterocycles. The van der Waals surface area contributed by atoms with Crippen molar-refractivity contribution < 1.29 is 4.39 Å². The van der Waals surface area contributed by atoms with Crippen molar-refractivity contribution in [1.29, 1.82) is 0 Å². The van der Waals surface area contributed by atoms with Gasteiger partial charge in [0.25, 0.3) is 0 Å². The van der Waals surface area contributed by atoms with Gasteiger partial charge in [-0.1, -0.05) is 12.8 Å². The molecule has 0 amide bonds. The van der Waals surface area contributed by atoms with Crippen molar-refractivity contribution in [2.75, 3.05) is 12.4 Å². The number of hydrogen-bond donors (Lipinski definition) is 1. The molecule has 4 heteroatoms. The summed E-state index contributed by atoms with van der Waals surface area (Å²) in [5, 5.41) is 3.40. The fourth-order valence-corrected chi connectivity index (χ4v) is 3.12. The van der Waals surface area contributed by atoms with E-state index in [0.717, 1.165) is 18.0 Å². The Balaban J connectivity index is 1.77. The number of aromatic nitrogens is 1. The van der Waals surface area contributed by atoms with Gasteiger partial charge in [0.2, 0.25) is 0 Å². The van der Waals surface area contributed by atoms with Gasteiger partial charge >= 0.3 is 0 Å². The molecular formula is C14H20ClFN2. The zero-order chi connectivity index (χ0) is 12.8. The minimum atomic E-state index is -0.273. The molecule has 2 rings (SSSR count). The van der Waals surface area contributed by atoms with Crippen molar-refractivity contribution >= 4 is 11.6 Å². The Kier molecular flexibility index (Phi) is 5.39. The lowest BCUT2D eigenvalue weighted by Gasteiger charge is -2.30. The van der Waals surface area contributed by atoms with Gasteiger partial charge in [-0.25, -0.2) is 4.39 Å². The van der Waals surface area contributed by atoms with Crippen LogP contribution in [0.1, 0.15) is 31.2 Å². The molecule has 1 aliphatic rings. The van der Waals surface area contributed by atoms with Crippen LogP contribution in [0.25, 0.3) is 0 Å². The SMILES string of the molecule is Fc1cncc(CNCC2CCCCC2CCl)c1. The molecule has 1 aromatic rings. The van der Waals surface area contributed by atoms with Gasteiger partial charge in [0.1, 0.15) is 5.82 Å². The van der Waals surface area contributed by atoms with Crippen molar-refractivity contribution in [1.82, 2.24) is 10.3 Å². The fourth-order valence-electron chi connectivity index (χ4n) is 2.71. The summed E-state index contributed by atoms with van der Waals surface area (Å²) in [5.74, 6) is 1.79. The monoisotopic (exact) mass is 270 g/mol. The van der Waals surface area contributed by atoms with Gasteiger partial charge in [-0.15, -0.1) is 11.6 Å². The maximum absolute atomic E-state index is 13.0. The first kappa shape index (κ1) is 13.8. The molecule has 1 aromatic heterocycles. The van der Waals surface area contributed by atoms with Crippen LogP contribution in [-0.4, -0.2) is 17.4 Å². The summed E-state index contributed by atoms with van der Waals surface area (Å²) in [7, 11) is 0. The van der Waals surface area contributed by atoms with Gasteiger partial charge in [0, 0.05) is 18.6 Å². The molecule has 0 aromatic carbocycles. The van der Waals surface area contributed by atoms with Crippen LogP contribution in [-0.2, 0) is 6.54 Å². The average molecular weight is 271 g/mol. The first-order valence-electron chi connectivity index (χ1n) is 6.65. The third-order valence-corrected chi connectivity index (χ3v) is 4.16. The molecule has 1 aliphatic carbocycles. The maximum atomic E-state index is 13.0. The predicted octanol–water partition coefficient (Wildman–Crippen LogP) is 3.36. The molecule has 18 heavy (non-hydrogen) atoms. The van der Waals surface area contributed by atoms with E-state index in [1.165, 1.54) is 37.9 Å². The zero-order valence-electron chi connectivity index (χ0n) is 10.5. The van der Waals surface area contributed by atoms with Gasteiger partial charge in [0.05, 0.1) is 6.20 Å². The van der Waals surface area contributed by atoms with E-state index >= 15 is 0 Å². The Morgan fingerprint density at radius 1 is 1.28 bits per heavy atom. The van der Waals surface area contributed by atoms with Crippen LogP contribution < -0.4 is 5.32 Å². The second-order valence-corrected chi connectivity index (χ2v) is 5.41. The van der Waals surface area contributed by atoms with E-state index in [-0.39, 0.29) is 5.82 Å². The van der Waals surface area contributed by atoms with Gasteiger partial charge in [0.15, 0.2) is 0 Å². The lowest BCUT2D eigenvalue weighted by Crippen LogP contribution is -2.31. The Morgan fingerprint density at radius 3 is 2.78 bits per heavy atom. The second-order valence-electron chi connectivity index (χ2n) is 5.10. The first-order chi connectivity index (χ1) is 8.79. The van der Waals surface area contributed by atoms with Crippen molar-refractivity contribution in [2.24, 2.45) is 11.8 Å². The topological polar surface area (TPSA) is 24.9 Å². The Bertz CT molecular complexity index is 373. The summed E-state index contributed by atoms with van der Waals surface area (Å²) in [4.78, 5) is 3.84. The predicted molar refractivity (Wildman–Crippen MR) is 72.1 cm³/mol. The van der Waals surface area contributed by atoms with E-state index in [1.54, 1.807) is 6.20 Å². The summed E-state index contributed by atoms with van der Waals surface area (Å²) in [5.41, 5.74) is 0.897. The Labute approximate surface area is 113 Å². The van der Waals surface area contributed by atoms with E-state index in [4.69, 9.17) is 11.6 Å². The molecule has 0 saturated heterocycles. The molecule has 2 unspecified atom stereocenters. The number of nitrogens with one attached hydrogen (secondary N) is 1. The van der Waals surface area contributed by atoms with Crippen LogP contribution >= 0.6 is 11.6 Å². The van der Waals surface area contributed by atoms with Crippen molar-refractivity contribution in [3.05, 3.63) is 29.8 Å². The van der Waals surface area contributed by atoms with Gasteiger partial charge in [-0.3, -0.25) is 4.98 Å². The molecule has 1 saturated carbocycles. The molecular weight excluding hydrogens is 251 g/mol. The lowest BCUT2D eigenvalue weighted by molar-refractivity contribution is 0.250. The van der Waals surface area contributed by atoms with Gasteiger partial charge in [-0.2, -0.15) is 0 Å². The van der Waals surface area contributed by atoms with E-state index in [0.29, 0.717) is 18.4 Å². The summed E-state index contributed by atoms with van der Waals surface area (Å²) in [6.45, 7) is 1.64. The molecule has 2 nitrogen and oxygen atoms in total. The minimum absolute atomic E-state index is 0.273. The van der Waals surface area contributed by atoms with Crippen LogP contribution in [0.15, 0.2) is 18.5 Å². The highest BCUT2D eigenvalue weighted by atomic mass is 35.5. The van der Waals surface area contributed by atoms with Crippen molar-refractivity contribution in [3.8, 4) is 0 Å². The van der Waals surface area contributed by atoms with Crippen LogP contribution in [0.3, 0.4) is 0 Å². The summed E-state index contributed by atoms with van der Waals surface area (Å²) in [6.07, 6.45) is 8.05. The third kappa shape index (κ3) is 3.92. The number of rotatable bonds is 5. The van der Waals surface area contributed by atoms with Gasteiger partial charge in [-0.05, 0) is 42.9 Å². The molecule has 0 aliphatic heterocycles.